The van der Waals surface area contributed by atoms with Crippen molar-refractivity contribution in [2.45, 2.75) is 65.7 Å². The van der Waals surface area contributed by atoms with Gasteiger partial charge in [-0.05, 0) is 51.8 Å². The largest absolute Gasteiger partial charge is 0.374 e. The van der Waals surface area contributed by atoms with Gasteiger partial charge in [0.2, 0.25) is 0 Å². The summed E-state index contributed by atoms with van der Waals surface area (Å²) in [4.78, 5) is 15.1. The predicted molar refractivity (Wildman–Crippen MR) is 114 cm³/mol. The third kappa shape index (κ3) is 4.28. The Labute approximate surface area is 182 Å². The quantitative estimate of drug-likeness (QED) is 0.661. The van der Waals surface area contributed by atoms with Gasteiger partial charge in [-0.1, -0.05) is 13.8 Å². The standard InChI is InChI=1S/C22H23F2N3O2.C2H6/c1-12-6-17-7-18(29-12)10-26(17)11-20(28)21-13(2)27(14(3)22(21)24)16-5-4-15(9-25)19(23)8-16;1-2/h4-5,8,12,17-18H,6-7,10-11H2,1-3H3;1-2H3. The van der Waals surface area contributed by atoms with E-state index in [1.165, 1.54) is 16.7 Å². The van der Waals surface area contributed by atoms with Crippen LogP contribution in [0.4, 0.5) is 8.78 Å². The second kappa shape index (κ2) is 9.29. The Balaban J connectivity index is 0.00000132. The van der Waals surface area contributed by atoms with Crippen molar-refractivity contribution in [3.63, 3.8) is 0 Å². The average molecular weight is 430 g/mol. The predicted octanol–water partition coefficient (Wildman–Crippen LogP) is 4.70. The number of ether oxygens (including phenoxy) is 1. The molecule has 2 fully saturated rings. The molecule has 2 aliphatic rings. The van der Waals surface area contributed by atoms with Crippen LogP contribution in [0.3, 0.4) is 0 Å². The molecule has 2 aromatic rings. The van der Waals surface area contributed by atoms with E-state index in [-0.39, 0.29) is 47.4 Å². The van der Waals surface area contributed by atoms with Gasteiger partial charge in [0.15, 0.2) is 11.6 Å². The van der Waals surface area contributed by atoms with Crippen molar-refractivity contribution in [1.29, 1.82) is 5.26 Å². The normalized spacial score (nSPS) is 22.6. The number of nitriles is 1. The van der Waals surface area contributed by atoms with Gasteiger partial charge in [-0.2, -0.15) is 5.26 Å². The molecule has 2 saturated heterocycles. The number of ketones is 1. The molecule has 0 radical (unpaired) electrons. The molecule has 0 N–H and O–H groups in total. The number of carbonyl (C=O) groups is 1. The molecule has 5 nitrogen and oxygen atoms in total. The molecule has 1 aromatic heterocycles. The minimum absolute atomic E-state index is 0.0441. The third-order valence-corrected chi connectivity index (χ3v) is 6.04. The highest BCUT2D eigenvalue weighted by Gasteiger charge is 2.40. The minimum atomic E-state index is -0.677. The fourth-order valence-electron chi connectivity index (χ4n) is 4.75. The summed E-state index contributed by atoms with van der Waals surface area (Å²) >= 11 is 0. The van der Waals surface area contributed by atoms with Crippen molar-refractivity contribution in [1.82, 2.24) is 9.47 Å². The summed E-state index contributed by atoms with van der Waals surface area (Å²) in [7, 11) is 0. The van der Waals surface area contributed by atoms with Crippen molar-refractivity contribution in [2.24, 2.45) is 0 Å². The first-order valence-corrected chi connectivity index (χ1v) is 10.8. The van der Waals surface area contributed by atoms with Gasteiger partial charge >= 0.3 is 0 Å². The Morgan fingerprint density at radius 1 is 1.23 bits per heavy atom. The van der Waals surface area contributed by atoms with Crippen LogP contribution in [0.1, 0.15) is 60.9 Å². The van der Waals surface area contributed by atoms with E-state index in [0.29, 0.717) is 17.9 Å². The molecule has 7 heteroatoms. The van der Waals surface area contributed by atoms with Gasteiger partial charge in [-0.25, -0.2) is 8.78 Å². The first-order chi connectivity index (χ1) is 14.8. The number of rotatable bonds is 4. The van der Waals surface area contributed by atoms with Crippen LogP contribution in [0.5, 0.6) is 0 Å². The number of fused-ring (bicyclic) bond motifs is 2. The van der Waals surface area contributed by atoms with Crippen LogP contribution in [-0.2, 0) is 4.74 Å². The van der Waals surface area contributed by atoms with Crippen molar-refractivity contribution in [2.75, 3.05) is 13.1 Å². The van der Waals surface area contributed by atoms with Crippen LogP contribution < -0.4 is 0 Å². The summed E-state index contributed by atoms with van der Waals surface area (Å²) in [5.41, 5.74) is 1.02. The van der Waals surface area contributed by atoms with Crippen LogP contribution in [0, 0.1) is 36.8 Å². The fraction of sp³-hybridized carbons (Fsp3) is 0.500. The molecule has 31 heavy (non-hydrogen) atoms. The summed E-state index contributed by atoms with van der Waals surface area (Å²) in [5, 5.41) is 8.91. The SMILES string of the molecule is CC.Cc1c(F)c(C(=O)CN2CC3CC2CC(C)O3)c(C)n1-c1ccc(C#N)c(F)c1. The lowest BCUT2D eigenvalue weighted by molar-refractivity contribution is -0.0178. The molecule has 3 unspecified atom stereocenters. The Kier molecular flexibility index (Phi) is 6.93. The van der Waals surface area contributed by atoms with Crippen LogP contribution in [-0.4, -0.2) is 46.6 Å². The zero-order valence-electron chi connectivity index (χ0n) is 18.7. The third-order valence-electron chi connectivity index (χ3n) is 6.04. The molecular formula is C24H29F2N3O2. The first kappa shape index (κ1) is 23.1. The van der Waals surface area contributed by atoms with E-state index in [1.807, 2.05) is 20.8 Å². The van der Waals surface area contributed by atoms with Crippen LogP contribution in [0.25, 0.3) is 5.69 Å². The van der Waals surface area contributed by atoms with E-state index < -0.39 is 11.6 Å². The molecular weight excluding hydrogens is 400 g/mol. The molecule has 0 amide bonds. The molecule has 2 aliphatic heterocycles. The lowest BCUT2D eigenvalue weighted by Crippen LogP contribution is -2.36. The number of benzene rings is 1. The van der Waals surface area contributed by atoms with E-state index in [2.05, 4.69) is 4.90 Å². The number of hydrogen-bond donors (Lipinski definition) is 0. The van der Waals surface area contributed by atoms with E-state index >= 15 is 4.39 Å². The Hall–Kier alpha value is -2.56. The van der Waals surface area contributed by atoms with Crippen LogP contribution >= 0.6 is 0 Å². The van der Waals surface area contributed by atoms with Gasteiger partial charge in [-0.15, -0.1) is 0 Å². The van der Waals surface area contributed by atoms with Crippen molar-refractivity contribution < 1.29 is 18.3 Å². The van der Waals surface area contributed by atoms with Gasteiger partial charge < -0.3 is 9.30 Å². The monoisotopic (exact) mass is 429 g/mol. The molecule has 4 rings (SSSR count). The van der Waals surface area contributed by atoms with Gasteiger partial charge in [0.1, 0.15) is 11.9 Å². The van der Waals surface area contributed by atoms with E-state index in [1.54, 1.807) is 26.0 Å². The van der Waals surface area contributed by atoms with Gasteiger partial charge in [0, 0.05) is 24.0 Å². The molecule has 0 aliphatic carbocycles. The second-order valence-electron chi connectivity index (χ2n) is 8.02. The molecule has 3 heterocycles. The van der Waals surface area contributed by atoms with E-state index in [0.717, 1.165) is 12.8 Å². The molecule has 3 atom stereocenters. The summed E-state index contributed by atoms with van der Waals surface area (Å²) in [6.45, 7) is 10.1. The number of halogens is 2. The number of Topliss-reactive ketones (excluding diaryl/α,β-unsaturated/α-hetero) is 1. The van der Waals surface area contributed by atoms with Crippen LogP contribution in [0.15, 0.2) is 18.2 Å². The molecule has 0 spiro atoms. The van der Waals surface area contributed by atoms with Crippen LogP contribution in [0.2, 0.25) is 0 Å². The maximum atomic E-state index is 15.0. The highest BCUT2D eigenvalue weighted by molar-refractivity contribution is 5.99. The lowest BCUT2D eigenvalue weighted by atomic mass is 10.0. The van der Waals surface area contributed by atoms with Crippen molar-refractivity contribution in [3.8, 4) is 11.8 Å². The Morgan fingerprint density at radius 2 is 1.94 bits per heavy atom. The Bertz CT molecular complexity index is 1020. The topological polar surface area (TPSA) is 58.3 Å². The lowest BCUT2D eigenvalue weighted by Gasteiger charge is -2.27. The van der Waals surface area contributed by atoms with E-state index in [9.17, 15) is 9.18 Å². The molecule has 166 valence electrons. The zero-order valence-corrected chi connectivity index (χ0v) is 18.7. The van der Waals surface area contributed by atoms with Gasteiger partial charge in [0.05, 0.1) is 35.6 Å². The van der Waals surface area contributed by atoms with Gasteiger partial charge in [-0.3, -0.25) is 9.69 Å². The van der Waals surface area contributed by atoms with Crippen molar-refractivity contribution in [3.05, 3.63) is 52.3 Å². The minimum Gasteiger partial charge on any atom is -0.374 e. The number of likely N-dealkylation sites (tertiary alicyclic amines) is 1. The zero-order chi connectivity index (χ0) is 22.9. The van der Waals surface area contributed by atoms with Crippen molar-refractivity contribution >= 4 is 5.78 Å². The summed E-state index contributed by atoms with van der Waals surface area (Å²) < 4.78 is 36.5. The highest BCUT2D eigenvalue weighted by atomic mass is 19.1. The molecule has 1 aromatic carbocycles. The Morgan fingerprint density at radius 3 is 2.58 bits per heavy atom. The number of hydrogen-bond acceptors (Lipinski definition) is 4. The summed E-state index contributed by atoms with van der Waals surface area (Å²) in [6, 6.07) is 6.15. The smallest absolute Gasteiger partial charge is 0.181 e. The fourth-order valence-corrected chi connectivity index (χ4v) is 4.75. The first-order valence-electron chi connectivity index (χ1n) is 10.8. The van der Waals surface area contributed by atoms with E-state index in [4.69, 9.17) is 10.00 Å². The number of nitrogens with zero attached hydrogens (tertiary/aromatic N) is 3. The molecule has 0 saturated carbocycles. The summed E-state index contributed by atoms with van der Waals surface area (Å²) in [6.07, 6.45) is 2.08. The maximum absolute atomic E-state index is 15.0. The average Bonchev–Trinajstić information content (AvgIpc) is 3.14. The second-order valence-corrected chi connectivity index (χ2v) is 8.02. The van der Waals surface area contributed by atoms with Gasteiger partial charge in [0.25, 0.3) is 0 Å². The number of aromatic nitrogens is 1. The maximum Gasteiger partial charge on any atom is 0.181 e. The number of carbonyl (C=O) groups excluding carboxylic acids is 1. The molecule has 2 bridgehead atoms. The summed E-state index contributed by atoms with van der Waals surface area (Å²) in [5.74, 6) is -1.54. The highest BCUT2D eigenvalue weighted by Crippen LogP contribution is 2.32.